The number of allylic oxidation sites excluding steroid dienone is 15. The summed E-state index contributed by atoms with van der Waals surface area (Å²) in [6.45, 7) is 6.90. The van der Waals surface area contributed by atoms with Crippen LogP contribution in [0.2, 0.25) is 0 Å². The van der Waals surface area contributed by atoms with Crippen molar-refractivity contribution in [1.82, 2.24) is 5.32 Å². The number of carbonyl (C=O) groups excluding carboxylic acids is 2. The van der Waals surface area contributed by atoms with Gasteiger partial charge < -0.3 is 19.4 Å². The van der Waals surface area contributed by atoms with Crippen molar-refractivity contribution in [2.45, 2.75) is 328 Å². The van der Waals surface area contributed by atoms with Crippen molar-refractivity contribution in [2.75, 3.05) is 40.9 Å². The molecule has 0 saturated heterocycles. The zero-order valence-corrected chi connectivity index (χ0v) is 57.2. The summed E-state index contributed by atoms with van der Waals surface area (Å²) in [5.74, 6) is -0.530. The highest BCUT2D eigenvalue weighted by molar-refractivity contribution is 7.47. The highest BCUT2D eigenvalue weighted by Gasteiger charge is 2.30. The molecule has 0 aromatic heterocycles. The number of unbranched alkanes of at least 4 members (excludes halogenated alkanes) is 34. The number of phosphoric acid groups is 1. The third kappa shape index (κ3) is 65.2. The van der Waals surface area contributed by atoms with Crippen molar-refractivity contribution < 1.29 is 37.3 Å². The Balaban J connectivity index is 5.07. The molecule has 0 heterocycles. The Hall–Kier alpha value is -3.07. The van der Waals surface area contributed by atoms with Crippen LogP contribution in [0.3, 0.4) is 0 Å². The van der Waals surface area contributed by atoms with E-state index in [1.165, 1.54) is 173 Å². The first-order valence-corrected chi connectivity index (χ1v) is 37.1. The summed E-state index contributed by atoms with van der Waals surface area (Å²) in [4.78, 5) is 37.9. The average Bonchev–Trinajstić information content (AvgIpc) is 3.62. The van der Waals surface area contributed by atoms with E-state index in [1.807, 2.05) is 33.3 Å². The van der Waals surface area contributed by atoms with Gasteiger partial charge in [0.2, 0.25) is 5.91 Å². The van der Waals surface area contributed by atoms with Gasteiger partial charge in [-0.3, -0.25) is 18.6 Å². The monoisotopic (exact) mass is 1210 g/mol. The molecule has 492 valence electrons. The molecule has 0 saturated carbocycles. The number of nitrogens with zero attached hydrogens (tertiary/aromatic N) is 1. The molecule has 3 atom stereocenters. The third-order valence-electron chi connectivity index (χ3n) is 15.5. The van der Waals surface area contributed by atoms with Crippen molar-refractivity contribution in [3.05, 3.63) is 97.2 Å². The van der Waals surface area contributed by atoms with Gasteiger partial charge in [-0.2, -0.15) is 0 Å². The topological polar surface area (TPSA) is 111 Å². The summed E-state index contributed by atoms with van der Waals surface area (Å²) in [6, 6.07) is -0.864. The van der Waals surface area contributed by atoms with Gasteiger partial charge in [0.25, 0.3) is 0 Å². The number of likely N-dealkylation sites (N-methyl/N-ethyl adjacent to an activating group) is 1. The van der Waals surface area contributed by atoms with Gasteiger partial charge in [-0.25, -0.2) is 4.57 Å². The number of ether oxygens (including phenoxy) is 1. The SMILES string of the molecule is CC/C=C\C/C=C\C/C=C\C/C=C\C/C=C\C/C=C\CCCCCCC(=O)OC(/C=C/CCCCCCCCCCC)C(COP(=O)(O)OCC[N+](C)(C)C)NC(=O)CCCCCCCCCCCCCCCCC/C=C/CCCCCCCC. The Morgan fingerprint density at radius 2 is 0.753 bits per heavy atom. The number of amides is 1. The zero-order chi connectivity index (χ0) is 62.1. The number of carbonyl (C=O) groups is 2. The summed E-state index contributed by atoms with van der Waals surface area (Å²) in [6.07, 6.45) is 87.1. The lowest BCUT2D eigenvalue weighted by molar-refractivity contribution is -0.870. The van der Waals surface area contributed by atoms with Crippen LogP contribution in [-0.2, 0) is 27.9 Å². The Morgan fingerprint density at radius 3 is 1.14 bits per heavy atom. The number of quaternary nitrogens is 1. The molecule has 0 aromatic carbocycles. The lowest BCUT2D eigenvalue weighted by atomic mass is 10.0. The number of esters is 1. The van der Waals surface area contributed by atoms with Gasteiger partial charge in [-0.1, -0.05) is 292 Å². The minimum Gasteiger partial charge on any atom is -0.456 e. The second-order valence-electron chi connectivity index (χ2n) is 25.0. The van der Waals surface area contributed by atoms with Crippen LogP contribution >= 0.6 is 7.82 Å². The predicted molar refractivity (Wildman–Crippen MR) is 369 cm³/mol. The molecule has 0 aromatic rings. The fourth-order valence-corrected chi connectivity index (χ4v) is 10.8. The maximum atomic E-state index is 13.6. The van der Waals surface area contributed by atoms with Crippen LogP contribution in [0.4, 0.5) is 0 Å². The van der Waals surface area contributed by atoms with Crippen LogP contribution in [0.1, 0.15) is 316 Å². The van der Waals surface area contributed by atoms with Gasteiger partial charge in [0.15, 0.2) is 0 Å². The molecule has 10 heteroatoms. The van der Waals surface area contributed by atoms with Crippen molar-refractivity contribution in [1.29, 1.82) is 0 Å². The summed E-state index contributed by atoms with van der Waals surface area (Å²) in [5.41, 5.74) is 0. The molecule has 9 nitrogen and oxygen atoms in total. The van der Waals surface area contributed by atoms with Gasteiger partial charge in [0.1, 0.15) is 19.3 Å². The van der Waals surface area contributed by atoms with Crippen LogP contribution in [0, 0.1) is 0 Å². The van der Waals surface area contributed by atoms with Crippen LogP contribution in [0.25, 0.3) is 0 Å². The lowest BCUT2D eigenvalue weighted by Gasteiger charge is -2.27. The second kappa shape index (κ2) is 63.9. The summed E-state index contributed by atoms with van der Waals surface area (Å²) >= 11 is 0. The normalized spacial score (nSPS) is 14.1. The first-order valence-electron chi connectivity index (χ1n) is 35.6. The molecule has 0 rings (SSSR count). The number of hydrogen-bond acceptors (Lipinski definition) is 6. The fourth-order valence-electron chi connectivity index (χ4n) is 10.1. The van der Waals surface area contributed by atoms with Crippen molar-refractivity contribution in [3.8, 4) is 0 Å². The average molecular weight is 1210 g/mol. The highest BCUT2D eigenvalue weighted by atomic mass is 31.2. The van der Waals surface area contributed by atoms with E-state index in [4.69, 9.17) is 13.8 Å². The standard InChI is InChI=1S/C75H135N2O7P/c1-7-10-13-16-19-22-25-27-29-31-33-35-37-38-40-41-43-45-47-49-52-55-58-61-64-67-74(78)76-72(71-83-85(80,81)82-70-69-77(4,5)6)73(66-63-60-57-54-51-24-21-18-15-12-9-3)84-75(79)68-65-62-59-56-53-50-48-46-44-42-39-36-34-32-30-28-26-23-20-17-14-11-8-2/h11,14,20,23,27-30,34,36,42,44,48,50,63,66,72-73H,7-10,12-13,15-19,21-22,24-26,31-33,35,37-41,43,45-47,49,51-62,64-65,67-71H2,1-6H3,(H-,76,78,80,81)/p+1/b14-11-,23-20-,29-27+,30-28-,36-34-,44-42-,50-48-,66-63+. The van der Waals surface area contributed by atoms with E-state index in [1.54, 1.807) is 0 Å². The van der Waals surface area contributed by atoms with Crippen LogP contribution in [0.5, 0.6) is 0 Å². The minimum atomic E-state index is -4.46. The molecule has 3 unspecified atom stereocenters. The first kappa shape index (κ1) is 81.9. The largest absolute Gasteiger partial charge is 0.472 e. The zero-order valence-electron chi connectivity index (χ0n) is 56.3. The molecule has 0 aliphatic carbocycles. The number of hydrogen-bond donors (Lipinski definition) is 2. The number of rotatable bonds is 64. The van der Waals surface area contributed by atoms with Crippen molar-refractivity contribution >= 4 is 19.7 Å². The van der Waals surface area contributed by atoms with Gasteiger partial charge in [-0.05, 0) is 109 Å². The summed E-state index contributed by atoms with van der Waals surface area (Å²) in [7, 11) is 1.48. The van der Waals surface area contributed by atoms with E-state index >= 15 is 0 Å². The maximum Gasteiger partial charge on any atom is 0.472 e. The van der Waals surface area contributed by atoms with E-state index in [9.17, 15) is 19.0 Å². The summed E-state index contributed by atoms with van der Waals surface area (Å²) < 4.78 is 30.8. The van der Waals surface area contributed by atoms with Crippen LogP contribution in [0.15, 0.2) is 97.2 Å². The van der Waals surface area contributed by atoms with Crippen molar-refractivity contribution in [3.63, 3.8) is 0 Å². The Bertz CT molecular complexity index is 1780. The van der Waals surface area contributed by atoms with Gasteiger partial charge in [0.05, 0.1) is 33.8 Å². The molecular weight excluding hydrogens is 1070 g/mol. The molecule has 0 aliphatic rings. The second-order valence-corrected chi connectivity index (χ2v) is 26.5. The number of nitrogens with one attached hydrogen (secondary N) is 1. The molecule has 2 N–H and O–H groups in total. The molecule has 85 heavy (non-hydrogen) atoms. The Morgan fingerprint density at radius 1 is 0.424 bits per heavy atom. The lowest BCUT2D eigenvalue weighted by Crippen LogP contribution is -2.47. The van der Waals surface area contributed by atoms with Crippen LogP contribution in [-0.4, -0.2) is 74.3 Å². The van der Waals surface area contributed by atoms with E-state index < -0.39 is 20.0 Å². The maximum absolute atomic E-state index is 13.6. The van der Waals surface area contributed by atoms with E-state index in [-0.39, 0.29) is 31.5 Å². The van der Waals surface area contributed by atoms with E-state index in [0.717, 1.165) is 103 Å². The molecule has 0 fully saturated rings. The van der Waals surface area contributed by atoms with E-state index in [2.05, 4.69) is 111 Å². The fraction of sp³-hybridized carbons (Fsp3) is 0.760. The van der Waals surface area contributed by atoms with Gasteiger partial charge in [-0.15, -0.1) is 0 Å². The Labute approximate surface area is 526 Å². The van der Waals surface area contributed by atoms with E-state index in [0.29, 0.717) is 23.9 Å². The highest BCUT2D eigenvalue weighted by Crippen LogP contribution is 2.43. The predicted octanol–water partition coefficient (Wildman–Crippen LogP) is 22.7. The minimum absolute atomic E-state index is 0.0326. The van der Waals surface area contributed by atoms with Crippen LogP contribution < -0.4 is 5.32 Å². The molecule has 0 aliphatic heterocycles. The van der Waals surface area contributed by atoms with Gasteiger partial charge >= 0.3 is 13.8 Å². The van der Waals surface area contributed by atoms with Crippen molar-refractivity contribution in [2.24, 2.45) is 0 Å². The van der Waals surface area contributed by atoms with Gasteiger partial charge in [0, 0.05) is 12.8 Å². The summed E-state index contributed by atoms with van der Waals surface area (Å²) in [5, 5.41) is 3.06. The number of phosphoric ester groups is 1. The molecule has 0 bridgehead atoms. The first-order chi connectivity index (χ1) is 41.4. The molecule has 1 amide bonds. The molecule has 0 radical (unpaired) electrons. The Kier molecular flexibility index (Phi) is 61.6. The smallest absolute Gasteiger partial charge is 0.456 e. The third-order valence-corrected chi connectivity index (χ3v) is 16.5. The quantitative estimate of drug-likeness (QED) is 0.0205. The molecule has 0 spiro atoms. The molecular formula is C75H136N2O7P+.